The third-order valence-electron chi connectivity index (χ3n) is 10.4. The summed E-state index contributed by atoms with van der Waals surface area (Å²) in [5.74, 6) is -10.8. The second-order valence-electron chi connectivity index (χ2n) is 16.5. The molecule has 1 heterocycles. The Labute approximate surface area is 397 Å². The predicted molar refractivity (Wildman–Crippen MR) is 245 cm³/mol. The quantitative estimate of drug-likeness (QED) is 0.0175. The van der Waals surface area contributed by atoms with Crippen molar-refractivity contribution in [1.29, 1.82) is 0 Å². The molecule has 0 bridgehead atoms. The summed E-state index contributed by atoms with van der Waals surface area (Å²) in [6.07, 6.45) is -1.06. The number of guanidine groups is 1. The first-order valence-corrected chi connectivity index (χ1v) is 23.4. The summed E-state index contributed by atoms with van der Waals surface area (Å²) in [7, 11) is 0. The maximum Gasteiger partial charge on any atom is 0.326 e. The van der Waals surface area contributed by atoms with Gasteiger partial charge in [-0.1, -0.05) is 13.8 Å². The molecule has 11 atom stereocenters. The Morgan fingerprint density at radius 3 is 1.65 bits per heavy atom. The van der Waals surface area contributed by atoms with Crippen LogP contribution in [0, 0.1) is 5.92 Å². The number of carboxylic acids is 2. The fraction of sp³-hybridized carbons (Fsp3) is 0.725. The molecule has 0 aromatic rings. The molecule has 28 heteroatoms. The minimum absolute atomic E-state index is 0.0171. The maximum atomic E-state index is 13.7. The van der Waals surface area contributed by atoms with E-state index in [2.05, 4.69) is 52.8 Å². The molecule has 1 rings (SSSR count). The van der Waals surface area contributed by atoms with Crippen LogP contribution in [0.3, 0.4) is 0 Å². The summed E-state index contributed by atoms with van der Waals surface area (Å²) < 4.78 is 0. The molecular formula is C40H70N12O15S. The molecule has 27 nitrogen and oxygen atoms in total. The number of amides is 8. The number of hydrogen-bond donors (Lipinski definition) is 16. The summed E-state index contributed by atoms with van der Waals surface area (Å²) >= 11 is 1.32. The van der Waals surface area contributed by atoms with E-state index >= 15 is 0 Å². The number of aliphatic hydroxyl groups excluding tert-OH is 3. The molecule has 0 radical (unpaired) electrons. The molecule has 1 saturated heterocycles. The lowest BCUT2D eigenvalue weighted by atomic mass is 10.0. The molecule has 0 aromatic heterocycles. The number of carboxylic acid groups (broad SMARTS) is 2. The van der Waals surface area contributed by atoms with Crippen LogP contribution in [0.5, 0.6) is 0 Å². The van der Waals surface area contributed by atoms with E-state index < -0.39 is 145 Å². The minimum atomic E-state index is -1.79. The molecule has 1 aliphatic rings. The van der Waals surface area contributed by atoms with Gasteiger partial charge < -0.3 is 84.9 Å². The van der Waals surface area contributed by atoms with Gasteiger partial charge in [0.2, 0.25) is 47.3 Å². The van der Waals surface area contributed by atoms with Gasteiger partial charge in [-0.15, -0.1) is 0 Å². The van der Waals surface area contributed by atoms with Crippen molar-refractivity contribution in [2.24, 2.45) is 22.4 Å². The summed E-state index contributed by atoms with van der Waals surface area (Å²) in [5.41, 5.74) is 10.5. The first-order chi connectivity index (χ1) is 31.8. The van der Waals surface area contributed by atoms with Crippen LogP contribution >= 0.6 is 11.8 Å². The van der Waals surface area contributed by atoms with Crippen LogP contribution < -0.4 is 59.3 Å². The van der Waals surface area contributed by atoms with Gasteiger partial charge in [0.05, 0.1) is 24.9 Å². The molecular weight excluding hydrogens is 921 g/mol. The lowest BCUT2D eigenvalue weighted by Gasteiger charge is -2.29. The van der Waals surface area contributed by atoms with Crippen LogP contribution in [-0.4, -0.2) is 189 Å². The van der Waals surface area contributed by atoms with E-state index in [0.29, 0.717) is 25.1 Å². The van der Waals surface area contributed by atoms with E-state index in [4.69, 9.17) is 11.5 Å². The zero-order chi connectivity index (χ0) is 51.8. The zero-order valence-corrected chi connectivity index (χ0v) is 39.9. The topological polar surface area (TPSA) is 445 Å². The van der Waals surface area contributed by atoms with Crippen molar-refractivity contribution in [1.82, 2.24) is 47.9 Å². The molecule has 0 aromatic carbocycles. The van der Waals surface area contributed by atoms with Crippen LogP contribution in [0.2, 0.25) is 0 Å². The molecule has 11 unspecified atom stereocenters. The van der Waals surface area contributed by atoms with Crippen molar-refractivity contribution in [3.05, 3.63) is 0 Å². The predicted octanol–water partition coefficient (Wildman–Crippen LogP) is -6.20. The number of rotatable bonds is 31. The van der Waals surface area contributed by atoms with Gasteiger partial charge in [0.1, 0.15) is 48.3 Å². The lowest BCUT2D eigenvalue weighted by Crippen LogP contribution is -2.63. The SMILES string of the molecule is CSCCC(NC(=O)C(NC(=O)C(NC(=O)C(CO)NC(=O)C(CCC(=O)O)NC(=O)C1CCCN1)C(C)O)C(C)C)C(=O)NC(C)C(=O)NC(C(=O)NC(CCCN=C(N)N)C(=O)O)C(C)O. The fourth-order valence-corrected chi connectivity index (χ4v) is 6.94. The Balaban J connectivity index is 3.11. The van der Waals surface area contributed by atoms with Crippen molar-refractivity contribution in [3.8, 4) is 0 Å². The van der Waals surface area contributed by atoms with Gasteiger partial charge in [-0.25, -0.2) is 4.79 Å². The Hall–Kier alpha value is -5.84. The van der Waals surface area contributed by atoms with Gasteiger partial charge in [0, 0.05) is 13.0 Å². The highest BCUT2D eigenvalue weighted by Crippen LogP contribution is 2.10. The summed E-state index contributed by atoms with van der Waals surface area (Å²) in [4.78, 5) is 133. The Kier molecular flexibility index (Phi) is 27.0. The monoisotopic (exact) mass is 990 g/mol. The summed E-state index contributed by atoms with van der Waals surface area (Å²) in [6, 6.07) is -12.8. The number of aliphatic hydroxyl groups is 3. The van der Waals surface area contributed by atoms with Gasteiger partial charge in [0.25, 0.3) is 0 Å². The smallest absolute Gasteiger partial charge is 0.326 e. The highest BCUT2D eigenvalue weighted by Gasteiger charge is 2.37. The van der Waals surface area contributed by atoms with Crippen molar-refractivity contribution < 1.29 is 73.5 Å². The highest BCUT2D eigenvalue weighted by atomic mass is 32.2. The second-order valence-corrected chi connectivity index (χ2v) is 17.5. The highest BCUT2D eigenvalue weighted by molar-refractivity contribution is 7.98. The Morgan fingerprint density at radius 2 is 1.15 bits per heavy atom. The molecule has 1 aliphatic heterocycles. The van der Waals surface area contributed by atoms with Gasteiger partial charge >= 0.3 is 11.9 Å². The van der Waals surface area contributed by atoms with Gasteiger partial charge in [-0.3, -0.25) is 48.1 Å². The molecule has 0 aliphatic carbocycles. The Morgan fingerprint density at radius 1 is 0.647 bits per heavy atom. The largest absolute Gasteiger partial charge is 0.481 e. The van der Waals surface area contributed by atoms with Crippen molar-refractivity contribution in [3.63, 3.8) is 0 Å². The number of aliphatic imine (C=N–C) groups is 1. The van der Waals surface area contributed by atoms with E-state index in [1.54, 1.807) is 20.1 Å². The second kappa shape index (κ2) is 30.5. The van der Waals surface area contributed by atoms with E-state index in [-0.39, 0.29) is 38.2 Å². The number of hydrogen-bond acceptors (Lipinski definition) is 16. The van der Waals surface area contributed by atoms with E-state index in [0.717, 1.165) is 6.92 Å². The van der Waals surface area contributed by atoms with Crippen molar-refractivity contribution in [2.45, 2.75) is 146 Å². The van der Waals surface area contributed by atoms with Crippen LogP contribution in [0.4, 0.5) is 0 Å². The molecule has 1 fully saturated rings. The number of thioether (sulfide) groups is 1. The summed E-state index contributed by atoms with van der Waals surface area (Å²) in [6.45, 7) is 6.25. The normalized spacial score (nSPS) is 17.7. The first kappa shape index (κ1) is 60.2. The van der Waals surface area contributed by atoms with E-state index in [1.807, 2.05) is 0 Å². The van der Waals surface area contributed by atoms with E-state index in [1.165, 1.54) is 25.6 Å². The zero-order valence-electron chi connectivity index (χ0n) is 39.0. The fourth-order valence-electron chi connectivity index (χ4n) is 6.47. The number of nitrogens with one attached hydrogen (secondary N) is 9. The summed E-state index contributed by atoms with van der Waals surface area (Å²) in [5, 5.41) is 71.5. The Bertz CT molecular complexity index is 1780. The standard InChI is InChI=1S/C40H70N12O15S/c1-18(2)28(50-38(65)30(21(5)55)52-35(62)26(17-53)49-34(61)23(11-12-27(56)57)46-32(59)22-9-7-14-43-22)36(63)47-24(13-16-68-6)33(60)45-19(3)31(58)51-29(20(4)54)37(64)48-25(39(66)67)10-8-15-44-40(41)42/h18-26,28-30,43,53-55H,7-17H2,1-6H3,(H,45,60)(H,46,59)(H,47,63)(H,48,64)(H,49,61)(H,50,65)(H,51,58)(H,52,62)(H,56,57)(H,66,67)(H4,41,42,44). The number of nitrogens with zero attached hydrogens (tertiary/aromatic N) is 1. The first-order valence-electron chi connectivity index (χ1n) is 22.0. The van der Waals surface area contributed by atoms with Crippen molar-refractivity contribution in [2.75, 3.05) is 31.7 Å². The average Bonchev–Trinajstić information content (AvgIpc) is 3.81. The van der Waals surface area contributed by atoms with Gasteiger partial charge in [0.15, 0.2) is 5.96 Å². The van der Waals surface area contributed by atoms with Crippen LogP contribution in [0.15, 0.2) is 4.99 Å². The molecule has 8 amide bonds. The number of aliphatic carboxylic acids is 2. The third kappa shape index (κ3) is 21.4. The molecule has 68 heavy (non-hydrogen) atoms. The molecule has 0 saturated carbocycles. The minimum Gasteiger partial charge on any atom is -0.481 e. The molecule has 18 N–H and O–H groups in total. The van der Waals surface area contributed by atoms with E-state index in [9.17, 15) is 73.5 Å². The van der Waals surface area contributed by atoms with Crippen LogP contribution in [-0.2, 0) is 47.9 Å². The average molecular weight is 991 g/mol. The van der Waals surface area contributed by atoms with Gasteiger partial charge in [-0.2, -0.15) is 11.8 Å². The molecule has 386 valence electrons. The third-order valence-corrected chi connectivity index (χ3v) is 11.0. The maximum absolute atomic E-state index is 13.7. The number of nitrogens with two attached hydrogens (primary N) is 2. The van der Waals surface area contributed by atoms with Crippen LogP contribution in [0.25, 0.3) is 0 Å². The number of carbonyl (C=O) groups is 10. The van der Waals surface area contributed by atoms with Crippen LogP contribution in [0.1, 0.15) is 79.6 Å². The number of carbonyl (C=O) groups excluding carboxylic acids is 8. The lowest BCUT2D eigenvalue weighted by molar-refractivity contribution is -0.143. The molecule has 0 spiro atoms. The van der Waals surface area contributed by atoms with Crippen molar-refractivity contribution >= 4 is 76.9 Å². The van der Waals surface area contributed by atoms with Gasteiger partial charge in [-0.05, 0) is 83.8 Å².